The van der Waals surface area contributed by atoms with Crippen molar-refractivity contribution in [2.45, 2.75) is 69.6 Å². The molecule has 0 radical (unpaired) electrons. The summed E-state index contributed by atoms with van der Waals surface area (Å²) < 4.78 is 8.19. The first-order valence-corrected chi connectivity index (χ1v) is 10.3. The predicted molar refractivity (Wildman–Crippen MR) is 108 cm³/mol. The first-order chi connectivity index (χ1) is 13.1. The van der Waals surface area contributed by atoms with E-state index < -0.39 is 0 Å². The molecule has 2 aliphatic rings. The molecule has 0 spiro atoms. The number of aryl methyl sites for hydroxylation is 2. The van der Waals surface area contributed by atoms with Crippen LogP contribution in [0.1, 0.15) is 60.9 Å². The van der Waals surface area contributed by atoms with Gasteiger partial charge in [-0.15, -0.1) is 0 Å². The third-order valence-corrected chi connectivity index (χ3v) is 6.40. The number of benzene rings is 1. The van der Waals surface area contributed by atoms with Gasteiger partial charge in [0.2, 0.25) is 0 Å². The molecule has 27 heavy (non-hydrogen) atoms. The highest BCUT2D eigenvalue weighted by Crippen LogP contribution is 2.34. The molecule has 1 aromatic heterocycles. The summed E-state index contributed by atoms with van der Waals surface area (Å²) in [5.74, 6) is 0.647. The summed E-state index contributed by atoms with van der Waals surface area (Å²) in [6, 6.07) is 14.7. The van der Waals surface area contributed by atoms with Gasteiger partial charge >= 0.3 is 0 Å². The number of hydrogen-bond donors (Lipinski definition) is 1. The average molecular weight is 367 g/mol. The Morgan fingerprint density at radius 2 is 1.78 bits per heavy atom. The van der Waals surface area contributed by atoms with Crippen molar-refractivity contribution in [1.29, 1.82) is 0 Å². The van der Waals surface area contributed by atoms with E-state index in [1.807, 2.05) is 17.6 Å². The molecule has 1 aliphatic heterocycles. The van der Waals surface area contributed by atoms with Crippen molar-refractivity contribution >= 4 is 0 Å². The van der Waals surface area contributed by atoms with Gasteiger partial charge in [0.15, 0.2) is 0 Å². The van der Waals surface area contributed by atoms with Crippen LogP contribution in [-0.2, 0) is 11.2 Å². The summed E-state index contributed by atoms with van der Waals surface area (Å²) in [6.07, 6.45) is 6.56. The summed E-state index contributed by atoms with van der Waals surface area (Å²) in [5.41, 5.74) is 9.79. The van der Waals surface area contributed by atoms with Crippen molar-refractivity contribution in [2.75, 3.05) is 6.61 Å². The molecule has 0 amide bonds. The van der Waals surface area contributed by atoms with Crippen LogP contribution in [0.25, 0.3) is 0 Å². The van der Waals surface area contributed by atoms with Crippen molar-refractivity contribution in [3.05, 3.63) is 69.6 Å². The normalized spacial score (nSPS) is 27.9. The fourth-order valence-electron chi connectivity index (χ4n) is 4.68. The molecule has 4 nitrogen and oxygen atoms in total. The molecule has 1 aliphatic carbocycles. The second-order valence-corrected chi connectivity index (χ2v) is 8.17. The van der Waals surface area contributed by atoms with Gasteiger partial charge in [-0.25, -0.2) is 0 Å². The Morgan fingerprint density at radius 1 is 1.04 bits per heavy atom. The summed E-state index contributed by atoms with van der Waals surface area (Å²) >= 11 is 0. The number of aromatic nitrogens is 1. The zero-order valence-electron chi connectivity index (χ0n) is 16.1. The second-order valence-electron chi connectivity index (χ2n) is 8.17. The third-order valence-electron chi connectivity index (χ3n) is 6.40. The predicted octanol–water partition coefficient (Wildman–Crippen LogP) is 3.71. The number of rotatable bonds is 4. The van der Waals surface area contributed by atoms with E-state index in [-0.39, 0.29) is 23.7 Å². The minimum Gasteiger partial charge on any atom is -0.376 e. The number of ether oxygens (including phenoxy) is 1. The lowest BCUT2D eigenvalue weighted by molar-refractivity contribution is -0.000576. The molecule has 2 atom stereocenters. The lowest BCUT2D eigenvalue weighted by Crippen LogP contribution is -2.46. The number of hydrogen-bond acceptors (Lipinski definition) is 3. The van der Waals surface area contributed by atoms with Gasteiger partial charge in [-0.3, -0.25) is 4.79 Å². The van der Waals surface area contributed by atoms with Crippen LogP contribution >= 0.6 is 0 Å². The van der Waals surface area contributed by atoms with E-state index in [1.54, 1.807) is 0 Å². The molecule has 4 heteroatoms. The van der Waals surface area contributed by atoms with E-state index in [1.165, 1.54) is 18.4 Å². The fourth-order valence-corrected chi connectivity index (χ4v) is 4.68. The van der Waals surface area contributed by atoms with Gasteiger partial charge in [-0.2, -0.15) is 0 Å². The minimum absolute atomic E-state index is 0.0161. The highest BCUT2D eigenvalue weighted by molar-refractivity contribution is 5.20. The molecule has 1 fully saturated rings. The van der Waals surface area contributed by atoms with Crippen LogP contribution in [0, 0.1) is 6.92 Å². The van der Waals surface area contributed by atoms with Crippen LogP contribution in [0.4, 0.5) is 0 Å². The molecule has 0 saturated heterocycles. The molecule has 2 unspecified atom stereocenters. The molecular formula is C23H30N2O2. The Bertz CT molecular complexity index is 822. The van der Waals surface area contributed by atoms with Crippen molar-refractivity contribution in [2.24, 2.45) is 5.73 Å². The molecule has 2 heterocycles. The maximum atomic E-state index is 12.7. The molecule has 1 aromatic carbocycles. The van der Waals surface area contributed by atoms with Gasteiger partial charge in [0, 0.05) is 17.3 Å². The maximum Gasteiger partial charge on any atom is 0.254 e. The SMILES string of the molecule is Cc1ccc2n(c1=O)C(COC1CCC(c3ccccc3)CC1)C(N)CC2. The van der Waals surface area contributed by atoms with Gasteiger partial charge < -0.3 is 15.0 Å². The first-order valence-electron chi connectivity index (χ1n) is 10.3. The first kappa shape index (κ1) is 18.5. The summed E-state index contributed by atoms with van der Waals surface area (Å²) in [6.45, 7) is 2.41. The Balaban J connectivity index is 1.39. The summed E-state index contributed by atoms with van der Waals surface area (Å²) in [7, 11) is 0. The highest BCUT2D eigenvalue weighted by atomic mass is 16.5. The van der Waals surface area contributed by atoms with E-state index in [2.05, 4.69) is 36.4 Å². The van der Waals surface area contributed by atoms with Gasteiger partial charge in [0.25, 0.3) is 5.56 Å². The lowest BCUT2D eigenvalue weighted by Gasteiger charge is -2.35. The average Bonchev–Trinajstić information content (AvgIpc) is 2.71. The molecule has 2 aromatic rings. The number of fused-ring (bicyclic) bond motifs is 1. The highest BCUT2D eigenvalue weighted by Gasteiger charge is 2.30. The molecule has 0 bridgehead atoms. The zero-order chi connectivity index (χ0) is 18.8. The van der Waals surface area contributed by atoms with Crippen molar-refractivity contribution in [1.82, 2.24) is 4.57 Å². The number of nitrogens with zero attached hydrogens (tertiary/aromatic N) is 1. The van der Waals surface area contributed by atoms with E-state index >= 15 is 0 Å². The Morgan fingerprint density at radius 3 is 2.52 bits per heavy atom. The van der Waals surface area contributed by atoms with Gasteiger partial charge in [0.1, 0.15) is 0 Å². The Labute approximate surface area is 161 Å². The van der Waals surface area contributed by atoms with E-state index in [4.69, 9.17) is 10.5 Å². The lowest BCUT2D eigenvalue weighted by atomic mass is 9.83. The van der Waals surface area contributed by atoms with Gasteiger partial charge in [-0.1, -0.05) is 36.4 Å². The molecule has 4 rings (SSSR count). The van der Waals surface area contributed by atoms with E-state index in [9.17, 15) is 4.79 Å². The summed E-state index contributed by atoms with van der Waals surface area (Å²) in [5, 5.41) is 0. The number of pyridine rings is 1. The third kappa shape index (κ3) is 3.87. The molecule has 2 N–H and O–H groups in total. The van der Waals surface area contributed by atoms with E-state index in [0.29, 0.717) is 12.5 Å². The minimum atomic E-state index is -0.0482. The van der Waals surface area contributed by atoms with Crippen LogP contribution in [0.15, 0.2) is 47.3 Å². The molecular weight excluding hydrogens is 336 g/mol. The maximum absolute atomic E-state index is 12.7. The van der Waals surface area contributed by atoms with Crippen LogP contribution in [0.5, 0.6) is 0 Å². The smallest absolute Gasteiger partial charge is 0.254 e. The fraction of sp³-hybridized carbons (Fsp3) is 0.522. The topological polar surface area (TPSA) is 57.2 Å². The molecule has 144 valence electrons. The van der Waals surface area contributed by atoms with Crippen molar-refractivity contribution < 1.29 is 4.74 Å². The van der Waals surface area contributed by atoms with Crippen molar-refractivity contribution in [3.8, 4) is 0 Å². The van der Waals surface area contributed by atoms with Crippen LogP contribution in [-0.4, -0.2) is 23.3 Å². The van der Waals surface area contributed by atoms with Crippen LogP contribution < -0.4 is 11.3 Å². The monoisotopic (exact) mass is 366 g/mol. The van der Waals surface area contributed by atoms with Crippen molar-refractivity contribution in [3.63, 3.8) is 0 Å². The van der Waals surface area contributed by atoms with E-state index in [0.717, 1.165) is 36.9 Å². The summed E-state index contributed by atoms with van der Waals surface area (Å²) in [4.78, 5) is 12.7. The van der Waals surface area contributed by atoms with Crippen LogP contribution in [0.2, 0.25) is 0 Å². The van der Waals surface area contributed by atoms with Crippen LogP contribution in [0.3, 0.4) is 0 Å². The second kappa shape index (κ2) is 7.99. The Kier molecular flexibility index (Phi) is 5.46. The molecule has 1 saturated carbocycles. The number of nitrogens with two attached hydrogens (primary N) is 1. The quantitative estimate of drug-likeness (QED) is 0.897. The standard InChI is InChI=1S/C23H30N2O2/c1-16-7-10-19-11-14-21(24)22(25(19)23(16)26)15-27-20-12-8-18(9-13-20)17-5-3-2-4-6-17/h2-7,10,18,20-22H,8-9,11-15,24H2,1H3. The Hall–Kier alpha value is -1.91. The van der Waals surface area contributed by atoms with Gasteiger partial charge in [-0.05, 0) is 63.0 Å². The largest absolute Gasteiger partial charge is 0.376 e. The van der Waals surface area contributed by atoms with Gasteiger partial charge in [0.05, 0.1) is 18.8 Å². The zero-order valence-corrected chi connectivity index (χ0v) is 16.1.